The molecule has 0 aliphatic carbocycles. The largest absolute Gasteiger partial charge is 0.298 e. The Morgan fingerprint density at radius 3 is 2.46 bits per heavy atom. The number of thioether (sulfide) groups is 1. The van der Waals surface area contributed by atoms with Crippen molar-refractivity contribution >= 4 is 17.5 Å². The first-order valence-electron chi connectivity index (χ1n) is 5.08. The number of Topliss-reactive ketones (excluding diaryl/α,β-unsaturated/α-hetero) is 1. The molecule has 1 fully saturated rings. The molecule has 0 amide bonds. The number of hydrogen-bond donors (Lipinski definition) is 0. The Hall–Kier alpha value is 0.0200. The smallest absolute Gasteiger partial charge is 0.149 e. The lowest BCUT2D eigenvalue weighted by Crippen LogP contribution is -2.31. The van der Waals surface area contributed by atoms with Crippen molar-refractivity contribution in [1.82, 2.24) is 0 Å². The van der Waals surface area contributed by atoms with Crippen LogP contribution < -0.4 is 0 Å². The molecule has 0 aromatic carbocycles. The lowest BCUT2D eigenvalue weighted by Gasteiger charge is -2.27. The van der Waals surface area contributed by atoms with E-state index in [9.17, 15) is 4.79 Å². The number of hydrogen-bond acceptors (Lipinski definition) is 2. The monoisotopic (exact) mass is 200 g/mol. The van der Waals surface area contributed by atoms with E-state index in [1.54, 1.807) is 0 Å². The van der Waals surface area contributed by atoms with Crippen LogP contribution >= 0.6 is 11.8 Å². The quantitative estimate of drug-likeness (QED) is 0.681. The van der Waals surface area contributed by atoms with Crippen molar-refractivity contribution in [3.63, 3.8) is 0 Å². The van der Waals surface area contributed by atoms with Crippen molar-refractivity contribution in [2.75, 3.05) is 5.75 Å². The Morgan fingerprint density at radius 2 is 2.08 bits per heavy atom. The van der Waals surface area contributed by atoms with Crippen LogP contribution in [0.5, 0.6) is 0 Å². The third-order valence-electron chi connectivity index (χ3n) is 2.97. The molecule has 0 aromatic rings. The number of carbonyl (C=O) groups excluding carboxylic acids is 1. The molecule has 13 heavy (non-hydrogen) atoms. The van der Waals surface area contributed by atoms with E-state index in [1.165, 1.54) is 12.2 Å². The van der Waals surface area contributed by atoms with Gasteiger partial charge in [0.15, 0.2) is 0 Å². The van der Waals surface area contributed by atoms with Crippen LogP contribution in [0, 0.1) is 11.3 Å². The molecule has 2 atom stereocenters. The van der Waals surface area contributed by atoms with Crippen molar-refractivity contribution in [3.8, 4) is 0 Å². The van der Waals surface area contributed by atoms with Gasteiger partial charge in [-0.1, -0.05) is 27.7 Å². The van der Waals surface area contributed by atoms with Gasteiger partial charge in [0, 0.05) is 5.92 Å². The fraction of sp³-hybridized carbons (Fsp3) is 0.909. The van der Waals surface area contributed by atoms with E-state index in [2.05, 4.69) is 27.7 Å². The van der Waals surface area contributed by atoms with Crippen molar-refractivity contribution < 1.29 is 4.79 Å². The zero-order valence-electron chi connectivity index (χ0n) is 9.09. The Kier molecular flexibility index (Phi) is 3.44. The molecule has 1 nitrogen and oxygen atoms in total. The number of ketones is 1. The first-order chi connectivity index (χ1) is 5.93. The van der Waals surface area contributed by atoms with Crippen LogP contribution in [0.3, 0.4) is 0 Å². The zero-order chi connectivity index (χ0) is 10.1. The topological polar surface area (TPSA) is 17.1 Å². The highest BCUT2D eigenvalue weighted by atomic mass is 32.2. The molecule has 0 spiro atoms. The molecule has 1 heterocycles. The lowest BCUT2D eigenvalue weighted by molar-refractivity contribution is -0.124. The highest BCUT2D eigenvalue weighted by Crippen LogP contribution is 2.34. The summed E-state index contributed by atoms with van der Waals surface area (Å²) in [5.41, 5.74) is 0.125. The summed E-state index contributed by atoms with van der Waals surface area (Å²) in [6.45, 7) is 8.51. The highest BCUT2D eigenvalue weighted by Gasteiger charge is 2.33. The van der Waals surface area contributed by atoms with Gasteiger partial charge in [0.2, 0.25) is 0 Å². The van der Waals surface area contributed by atoms with Crippen molar-refractivity contribution in [1.29, 1.82) is 0 Å². The molecule has 76 valence electrons. The van der Waals surface area contributed by atoms with Crippen LogP contribution in [0.2, 0.25) is 0 Å². The summed E-state index contributed by atoms with van der Waals surface area (Å²) < 4.78 is 0. The van der Waals surface area contributed by atoms with E-state index >= 15 is 0 Å². The van der Waals surface area contributed by atoms with Crippen LogP contribution in [0.1, 0.15) is 40.5 Å². The van der Waals surface area contributed by atoms with Crippen molar-refractivity contribution in [3.05, 3.63) is 0 Å². The maximum absolute atomic E-state index is 12.0. The third kappa shape index (κ3) is 2.73. The summed E-state index contributed by atoms with van der Waals surface area (Å²) in [5.74, 6) is 1.84. The normalized spacial score (nSPS) is 26.0. The Labute approximate surface area is 85.7 Å². The average molecular weight is 200 g/mol. The fourth-order valence-corrected chi connectivity index (χ4v) is 2.83. The molecule has 0 aromatic heterocycles. The predicted molar refractivity (Wildman–Crippen MR) is 59.1 cm³/mol. The summed E-state index contributed by atoms with van der Waals surface area (Å²) in [5, 5.41) is 0.300. The first kappa shape index (κ1) is 11.1. The minimum atomic E-state index is 0.125. The fourth-order valence-electron chi connectivity index (χ4n) is 1.51. The molecular formula is C11H20OS. The molecule has 0 bridgehead atoms. The third-order valence-corrected chi connectivity index (χ3v) is 4.37. The molecule has 1 saturated heterocycles. The molecule has 2 unspecified atom stereocenters. The Balaban J connectivity index is 2.56. The van der Waals surface area contributed by atoms with Crippen LogP contribution in [-0.4, -0.2) is 16.8 Å². The van der Waals surface area contributed by atoms with Gasteiger partial charge in [0.05, 0.1) is 5.25 Å². The van der Waals surface area contributed by atoms with E-state index < -0.39 is 0 Å². The molecular weight excluding hydrogens is 180 g/mol. The first-order valence-corrected chi connectivity index (χ1v) is 6.13. The van der Waals surface area contributed by atoms with E-state index in [-0.39, 0.29) is 11.3 Å². The predicted octanol–water partition coefficient (Wildman–Crippen LogP) is 3.13. The molecule has 1 aliphatic heterocycles. The van der Waals surface area contributed by atoms with Gasteiger partial charge in [-0.2, -0.15) is 11.8 Å². The molecule has 0 N–H and O–H groups in total. The van der Waals surface area contributed by atoms with Gasteiger partial charge in [0.1, 0.15) is 5.78 Å². The second kappa shape index (κ2) is 4.04. The van der Waals surface area contributed by atoms with Crippen LogP contribution in [0.25, 0.3) is 0 Å². The maximum Gasteiger partial charge on any atom is 0.149 e. The van der Waals surface area contributed by atoms with Gasteiger partial charge < -0.3 is 0 Å². The summed E-state index contributed by atoms with van der Waals surface area (Å²) in [6.07, 6.45) is 2.32. The zero-order valence-corrected chi connectivity index (χ0v) is 9.91. The van der Waals surface area contributed by atoms with Crippen LogP contribution in [0.15, 0.2) is 0 Å². The highest BCUT2D eigenvalue weighted by molar-refractivity contribution is 8.00. The van der Waals surface area contributed by atoms with Gasteiger partial charge in [-0.25, -0.2) is 0 Å². The number of carbonyl (C=O) groups is 1. The molecule has 1 rings (SSSR count). The minimum absolute atomic E-state index is 0.125. The Morgan fingerprint density at radius 1 is 1.46 bits per heavy atom. The second-order valence-electron chi connectivity index (χ2n) is 4.99. The van der Waals surface area contributed by atoms with Gasteiger partial charge in [-0.3, -0.25) is 4.79 Å². The summed E-state index contributed by atoms with van der Waals surface area (Å²) >= 11 is 1.85. The summed E-state index contributed by atoms with van der Waals surface area (Å²) in [6, 6.07) is 0. The maximum atomic E-state index is 12.0. The molecule has 2 heteroatoms. The van der Waals surface area contributed by atoms with Crippen molar-refractivity contribution in [2.24, 2.45) is 11.3 Å². The van der Waals surface area contributed by atoms with Crippen LogP contribution in [-0.2, 0) is 4.79 Å². The lowest BCUT2D eigenvalue weighted by atomic mass is 9.78. The van der Waals surface area contributed by atoms with Crippen molar-refractivity contribution in [2.45, 2.75) is 45.8 Å². The molecule has 0 saturated carbocycles. The van der Waals surface area contributed by atoms with Gasteiger partial charge in [-0.05, 0) is 24.0 Å². The van der Waals surface area contributed by atoms with Gasteiger partial charge >= 0.3 is 0 Å². The van der Waals surface area contributed by atoms with E-state index in [4.69, 9.17) is 0 Å². The van der Waals surface area contributed by atoms with E-state index in [0.717, 1.165) is 6.42 Å². The van der Waals surface area contributed by atoms with Crippen LogP contribution in [0.4, 0.5) is 0 Å². The van der Waals surface area contributed by atoms with E-state index in [1.807, 2.05) is 11.8 Å². The van der Waals surface area contributed by atoms with E-state index in [0.29, 0.717) is 11.0 Å². The molecule has 0 radical (unpaired) electrons. The van der Waals surface area contributed by atoms with Gasteiger partial charge in [0.25, 0.3) is 0 Å². The average Bonchev–Trinajstić information content (AvgIpc) is 2.51. The molecule has 1 aliphatic rings. The SMILES string of the molecule is CC(C(=O)C1CCCS1)C(C)(C)C. The standard InChI is InChI=1S/C11H20OS/c1-8(11(2,3)4)10(12)9-6-5-7-13-9/h8-9H,5-7H2,1-4H3. The summed E-state index contributed by atoms with van der Waals surface area (Å²) in [4.78, 5) is 12.0. The Bertz CT molecular complexity index is 187. The summed E-state index contributed by atoms with van der Waals surface area (Å²) in [7, 11) is 0. The second-order valence-corrected chi connectivity index (χ2v) is 6.30. The van der Waals surface area contributed by atoms with Gasteiger partial charge in [-0.15, -0.1) is 0 Å². The number of rotatable bonds is 2. The minimum Gasteiger partial charge on any atom is -0.298 e.